The van der Waals surface area contributed by atoms with E-state index < -0.39 is 36.5 Å². The number of ether oxygens (including phenoxy) is 6. The third kappa shape index (κ3) is 15.3. The smallest absolute Gasteiger partial charge is 0.459 e. The number of carbonyl (C=O) groups is 4. The molecule has 1 aromatic carbocycles. The maximum absolute atomic E-state index is 12.6. The van der Waals surface area contributed by atoms with E-state index >= 15 is 0 Å². The van der Waals surface area contributed by atoms with E-state index in [0.29, 0.717) is 18.4 Å². The van der Waals surface area contributed by atoms with Gasteiger partial charge in [-0.1, -0.05) is 61.0 Å². The summed E-state index contributed by atoms with van der Waals surface area (Å²) in [5, 5.41) is 0. The van der Waals surface area contributed by atoms with Crippen LogP contribution in [0.2, 0.25) is 0 Å². The summed E-state index contributed by atoms with van der Waals surface area (Å²) >= 11 is 0. The lowest BCUT2D eigenvalue weighted by atomic mass is 9.99. The first-order chi connectivity index (χ1) is 18.9. The Hall–Kier alpha value is -3.34. The van der Waals surface area contributed by atoms with Gasteiger partial charge in [0.15, 0.2) is 11.5 Å². The molecule has 232 valence electrons. The average Bonchev–Trinajstić information content (AvgIpc) is 2.85. The van der Waals surface area contributed by atoms with E-state index in [1.165, 1.54) is 12.1 Å². The van der Waals surface area contributed by atoms with Crippen molar-refractivity contribution in [2.45, 2.75) is 106 Å². The van der Waals surface area contributed by atoms with Crippen LogP contribution >= 0.6 is 0 Å². The number of benzene rings is 1. The molecule has 0 saturated carbocycles. The summed E-state index contributed by atoms with van der Waals surface area (Å²) in [7, 11) is 0. The molecule has 0 saturated heterocycles. The summed E-state index contributed by atoms with van der Waals surface area (Å²) in [5.41, 5.74) is 6.00. The second-order valence-electron chi connectivity index (χ2n) is 12.4. The maximum atomic E-state index is 12.6. The van der Waals surface area contributed by atoms with Gasteiger partial charge < -0.3 is 34.2 Å². The Labute approximate surface area is 243 Å². The van der Waals surface area contributed by atoms with Gasteiger partial charge in [-0.3, -0.25) is 9.59 Å². The van der Waals surface area contributed by atoms with Crippen LogP contribution in [-0.4, -0.2) is 55.7 Å². The van der Waals surface area contributed by atoms with Crippen molar-refractivity contribution in [2.24, 2.45) is 16.6 Å². The number of nitrogens with two attached hydrogens (primary N) is 1. The van der Waals surface area contributed by atoms with Gasteiger partial charge in [-0.15, -0.1) is 0 Å². The molecule has 2 N–H and O–H groups in total. The van der Waals surface area contributed by atoms with Gasteiger partial charge in [0.2, 0.25) is 0 Å². The minimum absolute atomic E-state index is 0.0123. The van der Waals surface area contributed by atoms with Crippen LogP contribution in [0.5, 0.6) is 11.5 Å². The van der Waals surface area contributed by atoms with Crippen molar-refractivity contribution in [1.82, 2.24) is 0 Å². The highest BCUT2D eigenvalue weighted by molar-refractivity contribution is 5.76. The van der Waals surface area contributed by atoms with Crippen molar-refractivity contribution >= 4 is 24.2 Å². The molecule has 0 amide bonds. The predicted octanol–water partition coefficient (Wildman–Crippen LogP) is 5.73. The van der Waals surface area contributed by atoms with E-state index in [0.717, 1.165) is 6.42 Å². The van der Waals surface area contributed by atoms with Gasteiger partial charge >= 0.3 is 24.2 Å². The van der Waals surface area contributed by atoms with Crippen molar-refractivity contribution in [1.29, 1.82) is 0 Å². The van der Waals surface area contributed by atoms with Crippen LogP contribution in [0.1, 0.15) is 87.1 Å². The molecule has 0 aromatic heterocycles. The van der Waals surface area contributed by atoms with Crippen LogP contribution in [0.25, 0.3) is 0 Å². The molecule has 0 fully saturated rings. The predicted molar refractivity (Wildman–Crippen MR) is 152 cm³/mol. The minimum atomic E-state index is -1.08. The Kier molecular flexibility index (Phi) is 14.1. The van der Waals surface area contributed by atoms with Gasteiger partial charge in [-0.2, -0.15) is 0 Å². The number of unbranched alkanes of at least 4 members (excludes halogenated alkanes) is 1. The standard InChI is InChI=1S/C30H47NO10/c1-10-11-12-25(32)38-19(2)20(3)39-26(33)22(31)15-21-13-14-23(40-27(34)36-17-29(4,5)6)24(16-21)41-28(35)37-18-30(7,8)9/h13-14,16,19-20,22H,10-12,15,17-18,31H2,1-9H3/t19-,20-,22-/m0/s1. The van der Waals surface area contributed by atoms with E-state index in [2.05, 4.69) is 0 Å². The molecule has 0 aliphatic heterocycles. The highest BCUT2D eigenvalue weighted by Gasteiger charge is 2.25. The molecular formula is C30H47NO10. The Bertz CT molecular complexity index is 1030. The molecule has 0 aliphatic rings. The average molecular weight is 582 g/mol. The lowest BCUT2D eigenvalue weighted by Crippen LogP contribution is -2.39. The van der Waals surface area contributed by atoms with E-state index in [1.807, 2.05) is 48.5 Å². The first kappa shape index (κ1) is 35.7. The van der Waals surface area contributed by atoms with Crippen molar-refractivity contribution in [3.8, 4) is 11.5 Å². The minimum Gasteiger partial charge on any atom is -0.459 e. The van der Waals surface area contributed by atoms with Crippen LogP contribution in [-0.2, 0) is 35.0 Å². The first-order valence-corrected chi connectivity index (χ1v) is 13.9. The van der Waals surface area contributed by atoms with Crippen LogP contribution in [0, 0.1) is 10.8 Å². The Morgan fingerprint density at radius 3 is 1.83 bits per heavy atom. The van der Waals surface area contributed by atoms with E-state index in [9.17, 15) is 19.2 Å². The van der Waals surface area contributed by atoms with E-state index in [-0.39, 0.29) is 47.9 Å². The zero-order chi connectivity index (χ0) is 31.4. The molecular weight excluding hydrogens is 534 g/mol. The second-order valence-corrected chi connectivity index (χ2v) is 12.4. The van der Waals surface area contributed by atoms with Gasteiger partial charge in [-0.25, -0.2) is 9.59 Å². The van der Waals surface area contributed by atoms with Gasteiger partial charge in [-0.05, 0) is 55.2 Å². The second kappa shape index (κ2) is 16.2. The molecule has 1 rings (SSSR count). The summed E-state index contributed by atoms with van der Waals surface area (Å²) in [5.74, 6) is -1.25. The van der Waals surface area contributed by atoms with E-state index in [4.69, 9.17) is 34.2 Å². The molecule has 1 aromatic rings. The number of rotatable bonds is 13. The normalized spacial score (nSPS) is 13.8. The van der Waals surface area contributed by atoms with Crippen molar-refractivity contribution < 1.29 is 47.6 Å². The summed E-state index contributed by atoms with van der Waals surface area (Å²) in [4.78, 5) is 49.1. The summed E-state index contributed by atoms with van der Waals surface area (Å²) in [6.07, 6.45) is -1.45. The lowest BCUT2D eigenvalue weighted by molar-refractivity contribution is -0.166. The lowest BCUT2D eigenvalue weighted by Gasteiger charge is -2.22. The van der Waals surface area contributed by atoms with Crippen LogP contribution < -0.4 is 15.2 Å². The van der Waals surface area contributed by atoms with Crippen LogP contribution in [0.15, 0.2) is 18.2 Å². The highest BCUT2D eigenvalue weighted by atomic mass is 16.7. The van der Waals surface area contributed by atoms with Crippen molar-refractivity contribution in [3.63, 3.8) is 0 Å². The third-order valence-corrected chi connectivity index (χ3v) is 5.41. The zero-order valence-corrected chi connectivity index (χ0v) is 25.9. The van der Waals surface area contributed by atoms with Crippen LogP contribution in [0.3, 0.4) is 0 Å². The Balaban J connectivity index is 2.96. The highest BCUT2D eigenvalue weighted by Crippen LogP contribution is 2.30. The third-order valence-electron chi connectivity index (χ3n) is 5.41. The number of hydrogen-bond donors (Lipinski definition) is 1. The molecule has 11 heteroatoms. The van der Waals surface area contributed by atoms with Gasteiger partial charge in [0.25, 0.3) is 0 Å². The molecule has 0 radical (unpaired) electrons. The Morgan fingerprint density at radius 2 is 1.32 bits per heavy atom. The van der Waals surface area contributed by atoms with Gasteiger partial charge in [0.05, 0.1) is 13.2 Å². The fourth-order valence-electron chi connectivity index (χ4n) is 3.02. The monoisotopic (exact) mass is 581 g/mol. The Morgan fingerprint density at radius 1 is 0.805 bits per heavy atom. The zero-order valence-electron chi connectivity index (χ0n) is 25.9. The fraction of sp³-hybridized carbons (Fsp3) is 0.667. The van der Waals surface area contributed by atoms with Gasteiger partial charge in [0, 0.05) is 6.42 Å². The quantitative estimate of drug-likeness (QED) is 0.173. The van der Waals surface area contributed by atoms with Crippen molar-refractivity contribution in [2.75, 3.05) is 13.2 Å². The van der Waals surface area contributed by atoms with Gasteiger partial charge in [0.1, 0.15) is 18.2 Å². The summed E-state index contributed by atoms with van der Waals surface area (Å²) < 4.78 is 31.6. The first-order valence-electron chi connectivity index (χ1n) is 13.9. The molecule has 3 atom stereocenters. The van der Waals surface area contributed by atoms with E-state index in [1.54, 1.807) is 19.9 Å². The fourth-order valence-corrected chi connectivity index (χ4v) is 3.02. The molecule has 11 nitrogen and oxygen atoms in total. The number of hydrogen-bond acceptors (Lipinski definition) is 11. The molecule has 0 bridgehead atoms. The molecule has 0 heterocycles. The molecule has 41 heavy (non-hydrogen) atoms. The maximum Gasteiger partial charge on any atom is 0.513 e. The van der Waals surface area contributed by atoms with Crippen LogP contribution in [0.4, 0.5) is 9.59 Å². The molecule has 0 aliphatic carbocycles. The topological polar surface area (TPSA) is 150 Å². The molecule has 0 unspecified atom stereocenters. The number of carbonyl (C=O) groups excluding carboxylic acids is 4. The largest absolute Gasteiger partial charge is 0.513 e. The summed E-state index contributed by atoms with van der Waals surface area (Å²) in [6.45, 7) is 16.8. The van der Waals surface area contributed by atoms with Crippen molar-refractivity contribution in [3.05, 3.63) is 23.8 Å². The SMILES string of the molecule is CCCCC(=O)O[C@@H](C)[C@H](C)OC(=O)[C@@H](N)Cc1ccc(OC(=O)OCC(C)(C)C)c(OC(=O)OCC(C)(C)C)c1. The molecule has 0 spiro atoms. The summed E-state index contributed by atoms with van der Waals surface area (Å²) in [6, 6.07) is 3.30. The number of esters is 2.